The van der Waals surface area contributed by atoms with Gasteiger partial charge in [0.1, 0.15) is 5.82 Å². The summed E-state index contributed by atoms with van der Waals surface area (Å²) in [5, 5.41) is 13.1. The highest BCUT2D eigenvalue weighted by Crippen LogP contribution is 2.32. The molecular weight excluding hydrogens is 394 g/mol. The number of carbonyl (C=O) groups is 1. The molecule has 168 valence electrons. The van der Waals surface area contributed by atoms with E-state index >= 15 is 0 Å². The largest absolute Gasteiger partial charge is 0.357 e. The van der Waals surface area contributed by atoms with Crippen LogP contribution in [0.5, 0.6) is 0 Å². The van der Waals surface area contributed by atoms with Gasteiger partial charge in [-0.1, -0.05) is 50.1 Å². The molecule has 8 heteroatoms. The molecule has 1 amide bonds. The van der Waals surface area contributed by atoms with Crippen LogP contribution in [-0.2, 0) is 4.79 Å². The van der Waals surface area contributed by atoms with Crippen molar-refractivity contribution in [2.75, 3.05) is 18.0 Å². The van der Waals surface area contributed by atoms with Gasteiger partial charge in [0.15, 0.2) is 0 Å². The third kappa shape index (κ3) is 5.81. The zero-order chi connectivity index (χ0) is 21.5. The molecular formula is C23H33N5O3. The maximum atomic E-state index is 11.8. The summed E-state index contributed by atoms with van der Waals surface area (Å²) >= 11 is 0. The average Bonchev–Trinajstić information content (AvgIpc) is 3.52. The van der Waals surface area contributed by atoms with Gasteiger partial charge in [-0.3, -0.25) is 10.0 Å². The Hall–Kier alpha value is -2.48. The molecule has 0 spiro atoms. The fourth-order valence-electron chi connectivity index (χ4n) is 4.88. The summed E-state index contributed by atoms with van der Waals surface area (Å²) in [6, 6.07) is 3.96. The van der Waals surface area contributed by atoms with E-state index in [1.54, 1.807) is 11.7 Å². The number of aromatic nitrogens is 3. The molecule has 2 aliphatic rings. The van der Waals surface area contributed by atoms with Crippen molar-refractivity contribution in [1.82, 2.24) is 20.6 Å². The van der Waals surface area contributed by atoms with E-state index in [2.05, 4.69) is 20.0 Å². The number of nitrogens with zero attached hydrogens (tertiary/aromatic N) is 4. The second-order valence-electron chi connectivity index (χ2n) is 8.93. The Morgan fingerprint density at radius 2 is 2.00 bits per heavy atom. The van der Waals surface area contributed by atoms with Crippen LogP contribution >= 0.6 is 0 Å². The minimum Gasteiger partial charge on any atom is -0.357 e. The Labute approximate surface area is 183 Å². The zero-order valence-electron chi connectivity index (χ0n) is 18.1. The van der Waals surface area contributed by atoms with E-state index < -0.39 is 5.91 Å². The molecule has 1 aliphatic heterocycles. The van der Waals surface area contributed by atoms with Crippen LogP contribution in [0.4, 0.5) is 5.82 Å². The quantitative estimate of drug-likeness (QED) is 0.450. The summed E-state index contributed by atoms with van der Waals surface area (Å²) in [5.41, 5.74) is 2.53. The molecule has 2 N–H and O–H groups in total. The number of amides is 1. The minimum absolute atomic E-state index is 0.134. The number of hydrogen-bond acceptors (Lipinski definition) is 7. The van der Waals surface area contributed by atoms with E-state index in [0.717, 1.165) is 43.2 Å². The highest BCUT2D eigenvalue weighted by molar-refractivity contribution is 5.75. The van der Waals surface area contributed by atoms with Gasteiger partial charge in [-0.05, 0) is 37.3 Å². The van der Waals surface area contributed by atoms with Gasteiger partial charge in [-0.25, -0.2) is 10.5 Å². The van der Waals surface area contributed by atoms with Crippen LogP contribution in [0.1, 0.15) is 82.4 Å². The van der Waals surface area contributed by atoms with Gasteiger partial charge in [0.2, 0.25) is 17.6 Å². The molecule has 1 atom stereocenters. The minimum atomic E-state index is -0.431. The van der Waals surface area contributed by atoms with Crippen LogP contribution in [0.15, 0.2) is 22.9 Å². The lowest BCUT2D eigenvalue weighted by atomic mass is 9.84. The molecule has 4 rings (SSSR count). The topological polar surface area (TPSA) is 104 Å². The molecule has 2 fully saturated rings. The van der Waals surface area contributed by atoms with Gasteiger partial charge in [-0.2, -0.15) is 4.98 Å². The van der Waals surface area contributed by atoms with Gasteiger partial charge in [0.25, 0.3) is 0 Å². The molecule has 2 aromatic heterocycles. The van der Waals surface area contributed by atoms with Gasteiger partial charge in [0, 0.05) is 37.2 Å². The van der Waals surface area contributed by atoms with Crippen molar-refractivity contribution >= 4 is 11.7 Å². The van der Waals surface area contributed by atoms with Crippen molar-refractivity contribution in [3.05, 3.63) is 24.2 Å². The van der Waals surface area contributed by atoms with E-state index in [9.17, 15) is 4.79 Å². The SMILES string of the molecule is O=C(CC(CCCC1CCCCC1)c1nc(-c2ccc(N3CCCC3)nc2)no1)NO. The van der Waals surface area contributed by atoms with Gasteiger partial charge in [0.05, 0.1) is 0 Å². The zero-order valence-corrected chi connectivity index (χ0v) is 18.1. The number of pyridine rings is 1. The molecule has 1 saturated heterocycles. The third-order valence-electron chi connectivity index (χ3n) is 6.67. The third-order valence-corrected chi connectivity index (χ3v) is 6.67. The number of anilines is 1. The summed E-state index contributed by atoms with van der Waals surface area (Å²) < 4.78 is 5.54. The number of hydrogen-bond donors (Lipinski definition) is 2. The van der Waals surface area contributed by atoms with Gasteiger partial charge >= 0.3 is 0 Å². The molecule has 3 heterocycles. The molecule has 1 unspecified atom stereocenters. The van der Waals surface area contributed by atoms with Crippen LogP contribution in [0, 0.1) is 5.92 Å². The molecule has 1 saturated carbocycles. The molecule has 1 aliphatic carbocycles. The van der Waals surface area contributed by atoms with Gasteiger partial charge in [-0.15, -0.1) is 0 Å². The lowest BCUT2D eigenvalue weighted by Crippen LogP contribution is -2.21. The second kappa shape index (κ2) is 10.7. The Kier molecular flexibility index (Phi) is 7.51. The molecule has 0 bridgehead atoms. The monoisotopic (exact) mass is 427 g/mol. The summed E-state index contributed by atoms with van der Waals surface area (Å²) in [6.45, 7) is 2.10. The smallest absolute Gasteiger partial charge is 0.244 e. The van der Waals surface area contributed by atoms with Crippen LogP contribution in [-0.4, -0.2) is 39.3 Å². The predicted molar refractivity (Wildman–Crippen MR) is 117 cm³/mol. The first kappa shape index (κ1) is 21.7. The lowest BCUT2D eigenvalue weighted by molar-refractivity contribution is -0.129. The summed E-state index contributed by atoms with van der Waals surface area (Å²) in [7, 11) is 0. The summed E-state index contributed by atoms with van der Waals surface area (Å²) in [4.78, 5) is 23.2. The number of nitrogens with one attached hydrogen (secondary N) is 1. The highest BCUT2D eigenvalue weighted by Gasteiger charge is 2.24. The number of rotatable bonds is 9. The highest BCUT2D eigenvalue weighted by atomic mass is 16.5. The molecule has 0 radical (unpaired) electrons. The predicted octanol–water partition coefficient (Wildman–Crippen LogP) is 4.46. The standard InChI is InChI=1S/C23H33N5O3/c29-21(26-30)15-18(10-6-9-17-7-2-1-3-8-17)23-25-22(27-31-23)19-11-12-20(24-16-19)28-13-4-5-14-28/h11-12,16-18,30H,1-10,13-15H2,(H,26,29). The second-order valence-corrected chi connectivity index (χ2v) is 8.93. The van der Waals surface area contributed by atoms with Crippen LogP contribution in [0.25, 0.3) is 11.4 Å². The average molecular weight is 428 g/mol. The Morgan fingerprint density at radius 1 is 1.19 bits per heavy atom. The first-order valence-corrected chi connectivity index (χ1v) is 11.7. The Balaban J connectivity index is 1.40. The lowest BCUT2D eigenvalue weighted by Gasteiger charge is -2.22. The van der Waals surface area contributed by atoms with E-state index in [-0.39, 0.29) is 12.3 Å². The molecule has 31 heavy (non-hydrogen) atoms. The normalized spacial score (nSPS) is 18.3. The maximum absolute atomic E-state index is 11.8. The number of carbonyl (C=O) groups excluding carboxylic acids is 1. The first-order valence-electron chi connectivity index (χ1n) is 11.7. The molecule has 0 aromatic carbocycles. The van der Waals surface area contributed by atoms with E-state index in [4.69, 9.17) is 9.73 Å². The van der Waals surface area contributed by atoms with Crippen molar-refractivity contribution in [3.63, 3.8) is 0 Å². The van der Waals surface area contributed by atoms with Crippen LogP contribution < -0.4 is 10.4 Å². The van der Waals surface area contributed by atoms with Crippen LogP contribution in [0.3, 0.4) is 0 Å². The first-order chi connectivity index (χ1) is 15.2. The van der Waals surface area contributed by atoms with Crippen molar-refractivity contribution < 1.29 is 14.5 Å². The van der Waals surface area contributed by atoms with E-state index in [0.29, 0.717) is 11.7 Å². The Morgan fingerprint density at radius 3 is 2.71 bits per heavy atom. The fraction of sp³-hybridized carbons (Fsp3) is 0.652. The van der Waals surface area contributed by atoms with Crippen molar-refractivity contribution in [2.45, 2.75) is 76.5 Å². The molecule has 8 nitrogen and oxygen atoms in total. The Bertz CT molecular complexity index is 826. The maximum Gasteiger partial charge on any atom is 0.244 e. The summed E-state index contributed by atoms with van der Waals surface area (Å²) in [6.07, 6.45) is 13.9. The fourth-order valence-corrected chi connectivity index (χ4v) is 4.88. The van der Waals surface area contributed by atoms with Crippen molar-refractivity contribution in [2.24, 2.45) is 5.92 Å². The van der Waals surface area contributed by atoms with Crippen LogP contribution in [0.2, 0.25) is 0 Å². The van der Waals surface area contributed by atoms with Gasteiger partial charge < -0.3 is 9.42 Å². The van der Waals surface area contributed by atoms with E-state index in [1.165, 1.54) is 51.4 Å². The van der Waals surface area contributed by atoms with Crippen molar-refractivity contribution in [3.8, 4) is 11.4 Å². The van der Waals surface area contributed by atoms with Crippen molar-refractivity contribution in [1.29, 1.82) is 0 Å². The number of hydroxylamine groups is 1. The summed E-state index contributed by atoms with van der Waals surface area (Å²) in [5.74, 6) is 2.07. The van der Waals surface area contributed by atoms with E-state index in [1.807, 2.05) is 12.1 Å². The molecule has 2 aromatic rings.